The fourth-order valence-corrected chi connectivity index (χ4v) is 1.44. The number of hydrogen-bond donors (Lipinski definition) is 1. The zero-order chi connectivity index (χ0) is 12.2. The SMILES string of the molecule is [CH2]OC(=O)C=Cc1ccc(S(=O)(=O)O)cc1. The van der Waals surface area contributed by atoms with Crippen molar-refractivity contribution in [2.75, 3.05) is 0 Å². The minimum Gasteiger partial charge on any atom is -0.459 e. The van der Waals surface area contributed by atoms with Crippen molar-refractivity contribution in [3.8, 4) is 0 Å². The van der Waals surface area contributed by atoms with Gasteiger partial charge in [-0.1, -0.05) is 12.1 Å². The summed E-state index contributed by atoms with van der Waals surface area (Å²) in [6.07, 6.45) is 2.58. The first kappa shape index (κ1) is 12.4. The average molecular weight is 241 g/mol. The number of benzene rings is 1. The third kappa shape index (κ3) is 3.48. The van der Waals surface area contributed by atoms with Crippen molar-refractivity contribution >= 4 is 22.2 Å². The van der Waals surface area contributed by atoms with Gasteiger partial charge in [-0.2, -0.15) is 8.42 Å². The summed E-state index contributed by atoms with van der Waals surface area (Å²) in [5.41, 5.74) is 0.595. The lowest BCUT2D eigenvalue weighted by Gasteiger charge is -1.97. The summed E-state index contributed by atoms with van der Waals surface area (Å²) in [6.45, 7) is 0. The second-order valence-electron chi connectivity index (χ2n) is 2.84. The van der Waals surface area contributed by atoms with Gasteiger partial charge in [0.2, 0.25) is 0 Å². The van der Waals surface area contributed by atoms with E-state index in [0.717, 1.165) is 6.08 Å². The molecule has 1 N–H and O–H groups in total. The van der Waals surface area contributed by atoms with Crippen molar-refractivity contribution in [1.29, 1.82) is 0 Å². The maximum atomic E-state index is 10.7. The topological polar surface area (TPSA) is 80.7 Å². The van der Waals surface area contributed by atoms with Crippen LogP contribution >= 0.6 is 0 Å². The Balaban J connectivity index is 2.88. The molecule has 0 saturated carbocycles. The summed E-state index contributed by atoms with van der Waals surface area (Å²) in [4.78, 5) is 10.5. The Bertz CT molecular complexity index is 499. The second kappa shape index (κ2) is 4.91. The highest BCUT2D eigenvalue weighted by atomic mass is 32.2. The van der Waals surface area contributed by atoms with Crippen LogP contribution in [0.1, 0.15) is 5.56 Å². The van der Waals surface area contributed by atoms with E-state index in [-0.39, 0.29) is 4.90 Å². The molecule has 0 aliphatic rings. The van der Waals surface area contributed by atoms with Gasteiger partial charge in [0.15, 0.2) is 0 Å². The molecule has 0 atom stereocenters. The molecule has 0 heterocycles. The summed E-state index contributed by atoms with van der Waals surface area (Å²) in [5.74, 6) is -0.612. The predicted octanol–water partition coefficient (Wildman–Crippen LogP) is 1.28. The van der Waals surface area contributed by atoms with Crippen molar-refractivity contribution < 1.29 is 22.5 Å². The summed E-state index contributed by atoms with van der Waals surface area (Å²) in [5, 5.41) is 0. The van der Waals surface area contributed by atoms with Gasteiger partial charge in [-0.3, -0.25) is 4.55 Å². The number of rotatable bonds is 3. The molecule has 1 radical (unpaired) electrons. The Kier molecular flexibility index (Phi) is 3.81. The van der Waals surface area contributed by atoms with Gasteiger partial charge < -0.3 is 4.74 Å². The summed E-state index contributed by atoms with van der Waals surface area (Å²) in [7, 11) is -1.25. The van der Waals surface area contributed by atoms with Gasteiger partial charge in [-0.25, -0.2) is 4.79 Å². The molecule has 1 aromatic carbocycles. The molecule has 0 aliphatic carbocycles. The Morgan fingerprint density at radius 1 is 1.31 bits per heavy atom. The van der Waals surface area contributed by atoms with E-state index in [1.54, 1.807) is 0 Å². The van der Waals surface area contributed by atoms with Crippen molar-refractivity contribution in [3.05, 3.63) is 43.0 Å². The monoisotopic (exact) mass is 241 g/mol. The van der Waals surface area contributed by atoms with Gasteiger partial charge in [-0.15, -0.1) is 0 Å². The van der Waals surface area contributed by atoms with Crippen LogP contribution in [0.4, 0.5) is 0 Å². The molecule has 5 nitrogen and oxygen atoms in total. The predicted molar refractivity (Wildman–Crippen MR) is 56.7 cm³/mol. The maximum absolute atomic E-state index is 10.7. The summed E-state index contributed by atoms with van der Waals surface area (Å²) < 4.78 is 34.3. The third-order valence-electron chi connectivity index (χ3n) is 1.73. The molecule has 0 fully saturated rings. The molecule has 0 saturated heterocycles. The van der Waals surface area contributed by atoms with E-state index in [1.165, 1.54) is 30.3 Å². The molecule has 0 aromatic heterocycles. The number of hydrogen-bond acceptors (Lipinski definition) is 4. The Morgan fingerprint density at radius 2 is 1.88 bits per heavy atom. The summed E-state index contributed by atoms with van der Waals surface area (Å²) in [6, 6.07) is 5.33. The molecular formula is C10H9O5S. The van der Waals surface area contributed by atoms with E-state index in [4.69, 9.17) is 4.55 Å². The van der Waals surface area contributed by atoms with Crippen molar-refractivity contribution in [2.24, 2.45) is 0 Å². The van der Waals surface area contributed by atoms with Crippen LogP contribution < -0.4 is 0 Å². The molecule has 16 heavy (non-hydrogen) atoms. The highest BCUT2D eigenvalue weighted by Crippen LogP contribution is 2.11. The molecule has 0 amide bonds. The Hall–Kier alpha value is -1.66. The molecule has 6 heteroatoms. The van der Waals surface area contributed by atoms with Crippen LogP contribution in [0.15, 0.2) is 35.2 Å². The number of carbonyl (C=O) groups excluding carboxylic acids is 1. The fraction of sp³-hybridized carbons (Fsp3) is 0. The minimum absolute atomic E-state index is 0.204. The summed E-state index contributed by atoms with van der Waals surface area (Å²) >= 11 is 0. The molecule has 0 bridgehead atoms. The molecule has 0 spiro atoms. The quantitative estimate of drug-likeness (QED) is 0.490. The largest absolute Gasteiger partial charge is 0.459 e. The average Bonchev–Trinajstić information content (AvgIpc) is 2.25. The standard InChI is InChI=1S/C10H9O5S/c1-15-10(11)7-4-8-2-5-9(6-3-8)16(12,13)14/h2-7H,1H2,(H,12,13,14). The smallest absolute Gasteiger partial charge is 0.330 e. The van der Waals surface area contributed by atoms with Crippen LogP contribution in [0.2, 0.25) is 0 Å². The van der Waals surface area contributed by atoms with Crippen LogP contribution in [0.25, 0.3) is 6.08 Å². The van der Waals surface area contributed by atoms with Crippen LogP contribution in [0.5, 0.6) is 0 Å². The van der Waals surface area contributed by atoms with Crippen molar-refractivity contribution in [1.82, 2.24) is 0 Å². The van der Waals surface area contributed by atoms with Crippen LogP contribution in [0, 0.1) is 7.11 Å². The van der Waals surface area contributed by atoms with Gasteiger partial charge in [0.05, 0.1) is 4.90 Å². The molecule has 0 unspecified atom stereocenters. The van der Waals surface area contributed by atoms with E-state index in [0.29, 0.717) is 5.56 Å². The normalized spacial score (nSPS) is 11.6. The van der Waals surface area contributed by atoms with Crippen LogP contribution in [0.3, 0.4) is 0 Å². The lowest BCUT2D eigenvalue weighted by Crippen LogP contribution is -1.97. The highest BCUT2D eigenvalue weighted by molar-refractivity contribution is 7.85. The van der Waals surface area contributed by atoms with Crippen LogP contribution in [-0.2, 0) is 19.6 Å². The Morgan fingerprint density at radius 3 is 2.31 bits per heavy atom. The van der Waals surface area contributed by atoms with E-state index >= 15 is 0 Å². The lowest BCUT2D eigenvalue weighted by atomic mass is 10.2. The van der Waals surface area contributed by atoms with E-state index < -0.39 is 16.1 Å². The first-order chi connectivity index (χ1) is 7.43. The van der Waals surface area contributed by atoms with Crippen molar-refractivity contribution in [3.63, 3.8) is 0 Å². The Labute approximate surface area is 93.1 Å². The van der Waals surface area contributed by atoms with E-state index in [2.05, 4.69) is 11.8 Å². The lowest BCUT2D eigenvalue weighted by molar-refractivity contribution is -0.132. The molecule has 1 rings (SSSR count). The van der Waals surface area contributed by atoms with Crippen molar-refractivity contribution in [2.45, 2.75) is 4.90 Å². The maximum Gasteiger partial charge on any atom is 0.330 e. The third-order valence-corrected chi connectivity index (χ3v) is 2.60. The number of ether oxygens (including phenoxy) is 1. The first-order valence-electron chi connectivity index (χ1n) is 4.15. The van der Waals surface area contributed by atoms with Gasteiger partial charge in [0.1, 0.15) is 7.11 Å². The van der Waals surface area contributed by atoms with E-state index in [9.17, 15) is 13.2 Å². The number of carbonyl (C=O) groups is 1. The van der Waals surface area contributed by atoms with Gasteiger partial charge >= 0.3 is 5.97 Å². The fourth-order valence-electron chi connectivity index (χ4n) is 0.963. The first-order valence-corrected chi connectivity index (χ1v) is 5.59. The molecule has 0 aliphatic heterocycles. The van der Waals surface area contributed by atoms with Gasteiger partial charge in [0, 0.05) is 6.08 Å². The van der Waals surface area contributed by atoms with E-state index in [1.807, 2.05) is 0 Å². The zero-order valence-corrected chi connectivity index (χ0v) is 8.98. The molecular weight excluding hydrogens is 232 g/mol. The number of esters is 1. The minimum atomic E-state index is -4.18. The van der Waals surface area contributed by atoms with Crippen LogP contribution in [-0.4, -0.2) is 18.9 Å². The second-order valence-corrected chi connectivity index (χ2v) is 4.26. The van der Waals surface area contributed by atoms with Gasteiger partial charge in [0.25, 0.3) is 10.1 Å². The van der Waals surface area contributed by atoms with Gasteiger partial charge in [-0.05, 0) is 23.8 Å². The molecule has 85 valence electrons. The molecule has 1 aromatic rings. The zero-order valence-electron chi connectivity index (χ0n) is 8.16. The highest BCUT2D eigenvalue weighted by Gasteiger charge is 2.07.